The lowest BCUT2D eigenvalue weighted by Gasteiger charge is -2.12. The Hall–Kier alpha value is -3.51. The maximum atomic E-state index is 12.2. The Morgan fingerprint density at radius 1 is 0.946 bits per heavy atom. The molecule has 0 fully saturated rings. The molecule has 0 saturated heterocycles. The summed E-state index contributed by atoms with van der Waals surface area (Å²) in [5.74, 6) is 2.48. The van der Waals surface area contributed by atoms with E-state index in [1.54, 1.807) is 24.3 Å². The van der Waals surface area contributed by atoms with Crippen molar-refractivity contribution in [3.63, 3.8) is 0 Å². The van der Waals surface area contributed by atoms with Crippen LogP contribution < -0.4 is 14.8 Å². The summed E-state index contributed by atoms with van der Waals surface area (Å²) in [6, 6.07) is 21.4. The molecule has 4 rings (SSSR count). The molecule has 37 heavy (non-hydrogen) atoms. The molecule has 0 unspecified atom stereocenters. The number of hydrogen-bond donors (Lipinski definition) is 1. The van der Waals surface area contributed by atoms with Crippen LogP contribution in [0.5, 0.6) is 11.5 Å². The summed E-state index contributed by atoms with van der Waals surface area (Å²) in [6.45, 7) is 6.32. The molecule has 0 radical (unpaired) electrons. The number of amides is 1. The van der Waals surface area contributed by atoms with Crippen molar-refractivity contribution >= 4 is 28.5 Å². The van der Waals surface area contributed by atoms with Gasteiger partial charge in [-0.05, 0) is 86.7 Å². The van der Waals surface area contributed by atoms with E-state index >= 15 is 0 Å². The molecule has 0 bridgehead atoms. The van der Waals surface area contributed by atoms with E-state index in [4.69, 9.17) is 26.1 Å². The van der Waals surface area contributed by atoms with Gasteiger partial charge in [0.25, 0.3) is 5.91 Å². The molecule has 0 aliphatic rings. The van der Waals surface area contributed by atoms with Crippen LogP contribution >= 0.6 is 11.6 Å². The van der Waals surface area contributed by atoms with Gasteiger partial charge in [-0.2, -0.15) is 0 Å². The van der Waals surface area contributed by atoms with Gasteiger partial charge in [-0.15, -0.1) is 0 Å². The highest BCUT2D eigenvalue weighted by Crippen LogP contribution is 2.22. The molecule has 0 atom stereocenters. The second-order valence-corrected chi connectivity index (χ2v) is 9.55. The Bertz CT molecular complexity index is 1320. The van der Waals surface area contributed by atoms with Crippen molar-refractivity contribution in [2.24, 2.45) is 0 Å². The topological polar surface area (TPSA) is 65.4 Å². The Balaban J connectivity index is 1.23. The Morgan fingerprint density at radius 2 is 1.76 bits per heavy atom. The number of halogens is 1. The average molecular weight is 520 g/mol. The highest BCUT2D eigenvalue weighted by Gasteiger charge is 2.11. The molecule has 3 aromatic carbocycles. The molecule has 4 aromatic rings. The van der Waals surface area contributed by atoms with Gasteiger partial charge in [0, 0.05) is 24.5 Å². The smallest absolute Gasteiger partial charge is 0.257 e. The number of benzene rings is 3. The second-order valence-electron chi connectivity index (χ2n) is 9.12. The third-order valence-electron chi connectivity index (χ3n) is 6.41. The van der Waals surface area contributed by atoms with E-state index in [2.05, 4.69) is 48.0 Å². The summed E-state index contributed by atoms with van der Waals surface area (Å²) in [7, 11) is 0. The van der Waals surface area contributed by atoms with Crippen molar-refractivity contribution in [1.29, 1.82) is 0 Å². The SMILES string of the molecule is Cc1cccc(OCCCCn2c(CCCNC(=O)COc3ccc(Cl)cc3)nc3ccccc32)c1C. The van der Waals surface area contributed by atoms with E-state index in [1.807, 2.05) is 18.2 Å². The first-order valence-corrected chi connectivity index (χ1v) is 13.2. The van der Waals surface area contributed by atoms with Gasteiger partial charge in [0.15, 0.2) is 6.61 Å². The summed E-state index contributed by atoms with van der Waals surface area (Å²) in [6.07, 6.45) is 3.54. The molecule has 1 aromatic heterocycles. The number of carbonyl (C=O) groups excluding carboxylic acids is 1. The van der Waals surface area contributed by atoms with Crippen molar-refractivity contribution in [3.05, 3.63) is 88.7 Å². The third kappa shape index (κ3) is 7.49. The standard InChI is InChI=1S/C30H34ClN3O3/c1-22-9-7-12-28(23(22)2)36-20-6-5-19-34-27-11-4-3-10-26(27)33-29(34)13-8-18-32-30(35)21-37-25-16-14-24(31)15-17-25/h3-4,7,9-12,14-17H,5-6,8,13,18-21H2,1-2H3,(H,32,35). The number of carbonyl (C=O) groups is 1. The molecular weight excluding hydrogens is 486 g/mol. The van der Waals surface area contributed by atoms with Gasteiger partial charge in [-0.1, -0.05) is 35.9 Å². The number of hydrogen-bond acceptors (Lipinski definition) is 4. The molecule has 6 nitrogen and oxygen atoms in total. The highest BCUT2D eigenvalue weighted by molar-refractivity contribution is 6.30. The third-order valence-corrected chi connectivity index (χ3v) is 6.66. The molecule has 194 valence electrons. The normalized spacial score (nSPS) is 11.0. The van der Waals surface area contributed by atoms with Crippen LogP contribution in [-0.4, -0.2) is 35.2 Å². The van der Waals surface area contributed by atoms with Crippen molar-refractivity contribution in [2.45, 2.75) is 46.1 Å². The van der Waals surface area contributed by atoms with Crippen LogP contribution in [0.3, 0.4) is 0 Å². The van der Waals surface area contributed by atoms with E-state index < -0.39 is 0 Å². The number of aryl methyl sites for hydroxylation is 3. The fraction of sp³-hybridized carbons (Fsp3) is 0.333. The summed E-state index contributed by atoms with van der Waals surface area (Å²) in [4.78, 5) is 17.0. The largest absolute Gasteiger partial charge is 0.493 e. The molecule has 1 amide bonds. The van der Waals surface area contributed by atoms with Gasteiger partial charge in [0.2, 0.25) is 0 Å². The molecule has 0 saturated carbocycles. The van der Waals surface area contributed by atoms with Crippen LogP contribution in [-0.2, 0) is 17.8 Å². The van der Waals surface area contributed by atoms with Crippen molar-refractivity contribution < 1.29 is 14.3 Å². The first-order chi connectivity index (χ1) is 18.0. The number of ether oxygens (including phenoxy) is 2. The first kappa shape index (κ1) is 26.6. The first-order valence-electron chi connectivity index (χ1n) is 12.8. The number of rotatable bonds is 13. The zero-order valence-corrected chi connectivity index (χ0v) is 22.3. The van der Waals surface area contributed by atoms with Gasteiger partial charge in [0.05, 0.1) is 17.6 Å². The van der Waals surface area contributed by atoms with Gasteiger partial charge >= 0.3 is 0 Å². The Kier molecular flexibility index (Phi) is 9.44. The lowest BCUT2D eigenvalue weighted by Crippen LogP contribution is -2.30. The fourth-order valence-electron chi connectivity index (χ4n) is 4.21. The van der Waals surface area contributed by atoms with Gasteiger partial charge in [-0.3, -0.25) is 4.79 Å². The van der Waals surface area contributed by atoms with E-state index in [-0.39, 0.29) is 12.5 Å². The summed E-state index contributed by atoms with van der Waals surface area (Å²) >= 11 is 5.87. The number of nitrogens with one attached hydrogen (secondary N) is 1. The quantitative estimate of drug-likeness (QED) is 0.211. The maximum absolute atomic E-state index is 12.2. The number of aromatic nitrogens is 2. The number of fused-ring (bicyclic) bond motifs is 1. The van der Waals surface area contributed by atoms with Crippen LogP contribution in [0.4, 0.5) is 0 Å². The predicted octanol–water partition coefficient (Wildman–Crippen LogP) is 6.29. The van der Waals surface area contributed by atoms with Crippen LogP contribution in [0.15, 0.2) is 66.7 Å². The number of unbranched alkanes of at least 4 members (excludes halogenated alkanes) is 1. The lowest BCUT2D eigenvalue weighted by molar-refractivity contribution is -0.123. The predicted molar refractivity (Wildman–Crippen MR) is 149 cm³/mol. The van der Waals surface area contributed by atoms with Crippen molar-refractivity contribution in [2.75, 3.05) is 19.8 Å². The molecular formula is C30H34ClN3O3. The Morgan fingerprint density at radius 3 is 2.59 bits per heavy atom. The molecule has 7 heteroatoms. The number of imidazole rings is 1. The zero-order valence-electron chi connectivity index (χ0n) is 21.5. The fourth-order valence-corrected chi connectivity index (χ4v) is 4.33. The Labute approximate surface area is 223 Å². The maximum Gasteiger partial charge on any atom is 0.257 e. The minimum absolute atomic E-state index is 0.0235. The van der Waals surface area contributed by atoms with Gasteiger partial charge in [-0.25, -0.2) is 4.98 Å². The lowest BCUT2D eigenvalue weighted by atomic mass is 10.1. The van der Waals surface area contributed by atoms with Crippen LogP contribution in [0.25, 0.3) is 11.0 Å². The van der Waals surface area contributed by atoms with Gasteiger partial charge in [0.1, 0.15) is 17.3 Å². The molecule has 0 aliphatic carbocycles. The summed E-state index contributed by atoms with van der Waals surface area (Å²) in [5, 5.41) is 3.56. The van der Waals surface area contributed by atoms with E-state index in [1.165, 1.54) is 11.1 Å². The van der Waals surface area contributed by atoms with Crippen LogP contribution in [0.1, 0.15) is 36.2 Å². The molecule has 1 N–H and O–H groups in total. The van der Waals surface area contributed by atoms with Gasteiger partial charge < -0.3 is 19.4 Å². The van der Waals surface area contributed by atoms with E-state index in [0.717, 1.165) is 54.8 Å². The second kappa shape index (κ2) is 13.2. The van der Waals surface area contributed by atoms with E-state index in [9.17, 15) is 4.79 Å². The average Bonchev–Trinajstić information content (AvgIpc) is 3.25. The number of para-hydroxylation sites is 2. The summed E-state index contributed by atoms with van der Waals surface area (Å²) in [5.41, 5.74) is 4.60. The van der Waals surface area contributed by atoms with Crippen LogP contribution in [0.2, 0.25) is 5.02 Å². The monoisotopic (exact) mass is 519 g/mol. The molecule has 0 spiro atoms. The zero-order chi connectivity index (χ0) is 26.0. The van der Waals surface area contributed by atoms with E-state index in [0.29, 0.717) is 23.9 Å². The minimum Gasteiger partial charge on any atom is -0.493 e. The van der Waals surface area contributed by atoms with Crippen molar-refractivity contribution in [3.8, 4) is 11.5 Å². The van der Waals surface area contributed by atoms with Crippen molar-refractivity contribution in [1.82, 2.24) is 14.9 Å². The molecule has 0 aliphatic heterocycles. The van der Waals surface area contributed by atoms with Crippen LogP contribution in [0, 0.1) is 13.8 Å². The molecule has 1 heterocycles. The number of nitrogens with zero attached hydrogens (tertiary/aromatic N) is 2. The highest BCUT2D eigenvalue weighted by atomic mass is 35.5. The minimum atomic E-state index is -0.146. The summed E-state index contributed by atoms with van der Waals surface area (Å²) < 4.78 is 13.8.